The molecule has 8 aromatic carbocycles. The molecule has 0 atom stereocenters. The zero-order chi connectivity index (χ0) is 36.6. The first kappa shape index (κ1) is 30.7. The van der Waals surface area contributed by atoms with E-state index in [0.717, 1.165) is 61.0 Å². The highest BCUT2D eigenvalue weighted by atomic mass is 15.0. The molecule has 0 amide bonds. The molecule has 0 unspecified atom stereocenters. The fourth-order valence-corrected chi connectivity index (χ4v) is 8.80. The van der Waals surface area contributed by atoms with E-state index in [9.17, 15) is 10.5 Å². The predicted molar refractivity (Wildman–Crippen MR) is 224 cm³/mol. The standard InChI is InChI=1S/C50H29N5/c51-30-34-24-23-33(29-48(34)55-44-19-7-3-14-39(44)40-16-9-11-35(31-52)50(40)55)32-25-27-36(28-26-32)53-45-20-8-4-15-41(45)49-46(53)21-10-22-47(49)54-42-17-5-1-12-37(42)38-13-2-6-18-43(38)54/h1-29H. The molecule has 0 aliphatic heterocycles. The van der Waals surface area contributed by atoms with Crippen molar-refractivity contribution in [3.63, 3.8) is 0 Å². The van der Waals surface area contributed by atoms with Gasteiger partial charge in [0, 0.05) is 38.0 Å². The third kappa shape index (κ3) is 4.39. The Balaban J connectivity index is 1.08. The zero-order valence-corrected chi connectivity index (χ0v) is 29.5. The summed E-state index contributed by atoms with van der Waals surface area (Å²) in [5, 5.41) is 27.4. The maximum atomic E-state index is 10.3. The van der Waals surface area contributed by atoms with Crippen molar-refractivity contribution in [1.29, 1.82) is 10.5 Å². The maximum absolute atomic E-state index is 10.3. The molecule has 0 saturated heterocycles. The average molecular weight is 700 g/mol. The van der Waals surface area contributed by atoms with Crippen molar-refractivity contribution in [3.8, 4) is 40.3 Å². The van der Waals surface area contributed by atoms with Crippen molar-refractivity contribution < 1.29 is 0 Å². The molecular formula is C50H29N5. The van der Waals surface area contributed by atoms with E-state index in [1.54, 1.807) is 0 Å². The maximum Gasteiger partial charge on any atom is 0.101 e. The highest BCUT2D eigenvalue weighted by Gasteiger charge is 2.21. The van der Waals surface area contributed by atoms with Crippen LogP contribution in [0, 0.1) is 22.7 Å². The molecule has 0 radical (unpaired) electrons. The van der Waals surface area contributed by atoms with Crippen LogP contribution in [-0.4, -0.2) is 13.7 Å². The average Bonchev–Trinajstić information content (AvgIpc) is 3.89. The summed E-state index contributed by atoms with van der Waals surface area (Å²) >= 11 is 0. The fourth-order valence-electron chi connectivity index (χ4n) is 8.80. The third-order valence-electron chi connectivity index (χ3n) is 11.1. The van der Waals surface area contributed by atoms with E-state index < -0.39 is 0 Å². The van der Waals surface area contributed by atoms with Crippen LogP contribution in [0.1, 0.15) is 11.1 Å². The van der Waals surface area contributed by atoms with Crippen molar-refractivity contribution in [3.05, 3.63) is 187 Å². The molecule has 5 heteroatoms. The Morgan fingerprint density at radius 2 is 0.855 bits per heavy atom. The summed E-state index contributed by atoms with van der Waals surface area (Å²) in [5.74, 6) is 0. The van der Waals surface area contributed by atoms with Crippen molar-refractivity contribution in [1.82, 2.24) is 13.7 Å². The molecule has 0 bridgehead atoms. The van der Waals surface area contributed by atoms with Gasteiger partial charge in [0.2, 0.25) is 0 Å². The van der Waals surface area contributed by atoms with E-state index in [0.29, 0.717) is 11.1 Å². The highest BCUT2D eigenvalue weighted by molar-refractivity contribution is 6.16. The molecule has 254 valence electrons. The molecule has 3 heterocycles. The quantitative estimate of drug-likeness (QED) is 0.184. The molecule has 0 spiro atoms. The van der Waals surface area contributed by atoms with Gasteiger partial charge in [-0.15, -0.1) is 0 Å². The summed E-state index contributed by atoms with van der Waals surface area (Å²) in [6, 6.07) is 66.0. The van der Waals surface area contributed by atoms with Gasteiger partial charge in [0.05, 0.1) is 55.6 Å². The smallest absolute Gasteiger partial charge is 0.101 e. The Labute approximate surface area is 316 Å². The van der Waals surface area contributed by atoms with E-state index in [2.05, 4.69) is 159 Å². The molecule has 0 aliphatic rings. The Kier molecular flexibility index (Phi) is 6.61. The molecule has 0 aliphatic carbocycles. The monoisotopic (exact) mass is 699 g/mol. The highest BCUT2D eigenvalue weighted by Crippen LogP contribution is 2.41. The van der Waals surface area contributed by atoms with Gasteiger partial charge in [-0.3, -0.25) is 0 Å². The molecule has 55 heavy (non-hydrogen) atoms. The Morgan fingerprint density at radius 1 is 0.345 bits per heavy atom. The summed E-state index contributed by atoms with van der Waals surface area (Å²) in [7, 11) is 0. The number of para-hydroxylation sites is 5. The lowest BCUT2D eigenvalue weighted by molar-refractivity contribution is 1.16. The number of fused-ring (bicyclic) bond motifs is 9. The van der Waals surface area contributed by atoms with Gasteiger partial charge in [0.25, 0.3) is 0 Å². The van der Waals surface area contributed by atoms with Crippen molar-refractivity contribution in [2.24, 2.45) is 0 Å². The number of nitrogens with zero attached hydrogens (tertiary/aromatic N) is 5. The van der Waals surface area contributed by atoms with E-state index in [-0.39, 0.29) is 0 Å². The van der Waals surface area contributed by atoms with Crippen LogP contribution in [0.25, 0.3) is 93.6 Å². The minimum Gasteiger partial charge on any atom is -0.309 e. The summed E-state index contributed by atoms with van der Waals surface area (Å²) in [4.78, 5) is 0. The number of hydrogen-bond acceptors (Lipinski definition) is 2. The van der Waals surface area contributed by atoms with Crippen LogP contribution in [0.15, 0.2) is 176 Å². The number of rotatable bonds is 4. The second-order valence-corrected chi connectivity index (χ2v) is 14.0. The minimum absolute atomic E-state index is 0.542. The van der Waals surface area contributed by atoms with Gasteiger partial charge in [0.15, 0.2) is 0 Å². The van der Waals surface area contributed by atoms with Crippen LogP contribution in [0.3, 0.4) is 0 Å². The van der Waals surface area contributed by atoms with Gasteiger partial charge in [-0.05, 0) is 77.9 Å². The number of benzene rings is 8. The van der Waals surface area contributed by atoms with E-state index in [1.165, 1.54) is 32.6 Å². The van der Waals surface area contributed by atoms with Crippen LogP contribution in [0.5, 0.6) is 0 Å². The summed E-state index contributed by atoms with van der Waals surface area (Å²) < 4.78 is 6.84. The Bertz CT molecular complexity index is 3400. The molecule has 11 rings (SSSR count). The van der Waals surface area contributed by atoms with E-state index >= 15 is 0 Å². The number of nitriles is 2. The topological polar surface area (TPSA) is 62.4 Å². The predicted octanol–water partition coefficient (Wildman–Crippen LogP) is 12.4. The first-order valence-electron chi connectivity index (χ1n) is 18.3. The SMILES string of the molecule is N#Cc1ccc(-c2ccc(-n3c4ccccc4c4c(-n5c6ccccc6c6ccccc65)cccc43)cc2)cc1-n1c2ccccc2c2cccc(C#N)c21. The van der Waals surface area contributed by atoms with Gasteiger partial charge in [0.1, 0.15) is 12.1 Å². The van der Waals surface area contributed by atoms with Gasteiger partial charge in [-0.2, -0.15) is 10.5 Å². The van der Waals surface area contributed by atoms with Crippen molar-refractivity contribution in [2.75, 3.05) is 0 Å². The summed E-state index contributed by atoms with van der Waals surface area (Å²) in [5.41, 5.74) is 12.5. The molecule has 3 aromatic heterocycles. The van der Waals surface area contributed by atoms with Gasteiger partial charge in [-0.25, -0.2) is 0 Å². The van der Waals surface area contributed by atoms with Gasteiger partial charge in [-0.1, -0.05) is 109 Å². The Hall–Kier alpha value is -7.86. The first-order valence-corrected chi connectivity index (χ1v) is 18.3. The molecule has 0 saturated carbocycles. The van der Waals surface area contributed by atoms with Gasteiger partial charge < -0.3 is 13.7 Å². The fraction of sp³-hybridized carbons (Fsp3) is 0. The largest absolute Gasteiger partial charge is 0.309 e. The number of aromatic nitrogens is 3. The van der Waals surface area contributed by atoms with Crippen molar-refractivity contribution in [2.45, 2.75) is 0 Å². The Morgan fingerprint density at radius 3 is 1.51 bits per heavy atom. The lowest BCUT2D eigenvalue weighted by atomic mass is 10.0. The first-order chi connectivity index (χ1) is 27.2. The van der Waals surface area contributed by atoms with Crippen LogP contribution >= 0.6 is 0 Å². The molecule has 5 nitrogen and oxygen atoms in total. The molecule has 0 fully saturated rings. The second kappa shape index (κ2) is 11.8. The molecule has 0 N–H and O–H groups in total. The van der Waals surface area contributed by atoms with E-state index in [4.69, 9.17) is 0 Å². The zero-order valence-electron chi connectivity index (χ0n) is 29.5. The van der Waals surface area contributed by atoms with Crippen LogP contribution < -0.4 is 0 Å². The van der Waals surface area contributed by atoms with E-state index in [1.807, 2.05) is 42.5 Å². The van der Waals surface area contributed by atoms with Crippen LogP contribution in [-0.2, 0) is 0 Å². The van der Waals surface area contributed by atoms with Crippen LogP contribution in [0.2, 0.25) is 0 Å². The molecule has 11 aromatic rings. The summed E-state index contributed by atoms with van der Waals surface area (Å²) in [6.07, 6.45) is 0. The lowest BCUT2D eigenvalue weighted by Gasteiger charge is -2.14. The lowest BCUT2D eigenvalue weighted by Crippen LogP contribution is -2.00. The van der Waals surface area contributed by atoms with Crippen LogP contribution in [0.4, 0.5) is 0 Å². The number of hydrogen-bond donors (Lipinski definition) is 0. The third-order valence-corrected chi connectivity index (χ3v) is 11.1. The van der Waals surface area contributed by atoms with Gasteiger partial charge >= 0.3 is 0 Å². The second-order valence-electron chi connectivity index (χ2n) is 14.0. The molecular weight excluding hydrogens is 671 g/mol. The van der Waals surface area contributed by atoms with Crippen molar-refractivity contribution >= 4 is 65.4 Å². The minimum atomic E-state index is 0.542. The summed E-state index contributed by atoms with van der Waals surface area (Å²) in [6.45, 7) is 0. The normalized spacial score (nSPS) is 11.6.